The fourth-order valence-corrected chi connectivity index (χ4v) is 1.51. The van der Waals surface area contributed by atoms with Crippen LogP contribution >= 0.6 is 0 Å². The second kappa shape index (κ2) is 3.65. The van der Waals surface area contributed by atoms with Crippen LogP contribution < -0.4 is 5.32 Å². The van der Waals surface area contributed by atoms with Gasteiger partial charge in [-0.1, -0.05) is 0 Å². The first-order chi connectivity index (χ1) is 6.81. The largest absolute Gasteiger partial charge is 0.336 e. The number of nitrogens with zero attached hydrogens (tertiary/aromatic N) is 4. The molecule has 0 aromatic carbocycles. The van der Waals surface area contributed by atoms with Gasteiger partial charge >= 0.3 is 6.03 Å². The number of carbonyl (C=O) groups excluding carboxylic acids is 1. The normalized spacial score (nSPS) is 16.1. The Hall–Kier alpha value is -1.59. The number of urea groups is 1. The molecule has 1 N–H and O–H groups in total. The molecule has 0 spiro atoms. The third-order valence-corrected chi connectivity index (χ3v) is 2.27. The summed E-state index contributed by atoms with van der Waals surface area (Å²) in [5.41, 5.74) is 0. The van der Waals surface area contributed by atoms with Gasteiger partial charge in [0.15, 0.2) is 0 Å². The van der Waals surface area contributed by atoms with E-state index in [9.17, 15) is 4.79 Å². The lowest BCUT2D eigenvalue weighted by molar-refractivity contribution is 0.213. The smallest absolute Gasteiger partial charge is 0.317 e. The lowest BCUT2D eigenvalue weighted by Crippen LogP contribution is -2.29. The summed E-state index contributed by atoms with van der Waals surface area (Å²) in [6.07, 6.45) is 1.52. The average molecular weight is 195 g/mol. The Balaban J connectivity index is 2.06. The predicted molar refractivity (Wildman–Crippen MR) is 49.5 cm³/mol. The molecule has 76 valence electrons. The molecule has 1 aliphatic rings. The van der Waals surface area contributed by atoms with Crippen LogP contribution in [0.1, 0.15) is 12.7 Å². The molecule has 6 heteroatoms. The highest BCUT2D eigenvalue weighted by Crippen LogP contribution is 2.04. The Kier molecular flexibility index (Phi) is 2.34. The van der Waals surface area contributed by atoms with Crippen molar-refractivity contribution in [2.45, 2.75) is 20.0 Å². The fraction of sp³-hybridized carbons (Fsp3) is 0.625. The molecule has 1 aromatic heterocycles. The minimum atomic E-state index is -0.0179. The van der Waals surface area contributed by atoms with Gasteiger partial charge in [-0.05, 0) is 6.92 Å². The molecule has 2 rings (SSSR count). The summed E-state index contributed by atoms with van der Waals surface area (Å²) in [5, 5.41) is 6.80. The Bertz CT molecular complexity index is 334. The first-order valence-electron chi connectivity index (χ1n) is 4.70. The number of hydrogen-bond acceptors (Lipinski definition) is 3. The lowest BCUT2D eigenvalue weighted by atomic mass is 10.5. The molecule has 0 saturated carbocycles. The summed E-state index contributed by atoms with van der Waals surface area (Å²) < 4.78 is 1.80. The highest BCUT2D eigenvalue weighted by atomic mass is 16.2. The number of amides is 2. The summed E-state index contributed by atoms with van der Waals surface area (Å²) in [7, 11) is 0. The molecule has 0 atom stereocenters. The van der Waals surface area contributed by atoms with E-state index in [1.54, 1.807) is 9.58 Å². The molecule has 1 aromatic rings. The lowest BCUT2D eigenvalue weighted by Gasteiger charge is -2.13. The molecule has 2 heterocycles. The molecule has 0 aliphatic carbocycles. The Morgan fingerprint density at radius 3 is 3.14 bits per heavy atom. The zero-order valence-corrected chi connectivity index (χ0v) is 8.10. The Labute approximate surface area is 81.9 Å². The van der Waals surface area contributed by atoms with Crippen molar-refractivity contribution in [2.75, 3.05) is 13.1 Å². The topological polar surface area (TPSA) is 63.1 Å². The van der Waals surface area contributed by atoms with Crippen LogP contribution in [0.2, 0.25) is 0 Å². The maximum absolute atomic E-state index is 11.3. The van der Waals surface area contributed by atoms with Gasteiger partial charge in [0.05, 0.1) is 6.54 Å². The van der Waals surface area contributed by atoms with Gasteiger partial charge in [-0.15, -0.1) is 0 Å². The third kappa shape index (κ3) is 1.55. The van der Waals surface area contributed by atoms with Gasteiger partial charge in [0.1, 0.15) is 12.2 Å². The van der Waals surface area contributed by atoms with E-state index in [1.807, 2.05) is 6.92 Å². The quantitative estimate of drug-likeness (QED) is 0.728. The molecule has 6 nitrogen and oxygen atoms in total. The van der Waals surface area contributed by atoms with Crippen molar-refractivity contribution in [1.29, 1.82) is 0 Å². The van der Waals surface area contributed by atoms with E-state index in [0.717, 1.165) is 25.5 Å². The summed E-state index contributed by atoms with van der Waals surface area (Å²) >= 11 is 0. The van der Waals surface area contributed by atoms with Gasteiger partial charge in [-0.25, -0.2) is 14.5 Å². The molecular formula is C8H13N5O. The second-order valence-electron chi connectivity index (χ2n) is 3.15. The van der Waals surface area contributed by atoms with Gasteiger partial charge in [0.2, 0.25) is 0 Å². The van der Waals surface area contributed by atoms with Gasteiger partial charge in [0.25, 0.3) is 0 Å². The number of rotatable bonds is 3. The van der Waals surface area contributed by atoms with Crippen molar-refractivity contribution in [3.63, 3.8) is 0 Å². The van der Waals surface area contributed by atoms with Crippen LogP contribution in [0.25, 0.3) is 0 Å². The summed E-state index contributed by atoms with van der Waals surface area (Å²) in [6, 6.07) is -0.0179. The standard InChI is InChI=1S/C8H13N5O/c1-2-13-7(10-6-11-13)5-12-4-3-9-8(12)14/h6H,2-5H2,1H3,(H,9,14). The zero-order valence-electron chi connectivity index (χ0n) is 8.10. The maximum Gasteiger partial charge on any atom is 0.317 e. The van der Waals surface area contributed by atoms with Crippen molar-refractivity contribution in [3.05, 3.63) is 12.2 Å². The van der Waals surface area contributed by atoms with Crippen molar-refractivity contribution in [3.8, 4) is 0 Å². The molecule has 1 saturated heterocycles. The average Bonchev–Trinajstić information content (AvgIpc) is 2.77. The van der Waals surface area contributed by atoms with Gasteiger partial charge in [-0.3, -0.25) is 0 Å². The SMILES string of the molecule is CCn1ncnc1CN1CCNC1=O. The van der Waals surface area contributed by atoms with Gasteiger partial charge < -0.3 is 10.2 Å². The van der Waals surface area contributed by atoms with E-state index < -0.39 is 0 Å². The van der Waals surface area contributed by atoms with Crippen molar-refractivity contribution in [2.24, 2.45) is 0 Å². The number of nitrogens with one attached hydrogen (secondary N) is 1. The molecular weight excluding hydrogens is 182 g/mol. The zero-order chi connectivity index (χ0) is 9.97. The van der Waals surface area contributed by atoms with Crippen LogP contribution in [0.5, 0.6) is 0 Å². The van der Waals surface area contributed by atoms with E-state index in [0.29, 0.717) is 6.54 Å². The number of aromatic nitrogens is 3. The first-order valence-corrected chi connectivity index (χ1v) is 4.70. The van der Waals surface area contributed by atoms with Gasteiger partial charge in [0, 0.05) is 19.6 Å². The molecule has 2 amide bonds. The Morgan fingerprint density at radius 1 is 1.64 bits per heavy atom. The minimum Gasteiger partial charge on any atom is -0.336 e. The number of aryl methyl sites for hydroxylation is 1. The molecule has 1 fully saturated rings. The van der Waals surface area contributed by atoms with Crippen LogP contribution in [0.3, 0.4) is 0 Å². The molecule has 14 heavy (non-hydrogen) atoms. The van der Waals surface area contributed by atoms with Crippen LogP contribution in [0, 0.1) is 0 Å². The van der Waals surface area contributed by atoms with Crippen molar-refractivity contribution in [1.82, 2.24) is 25.0 Å². The minimum absolute atomic E-state index is 0.0179. The second-order valence-corrected chi connectivity index (χ2v) is 3.15. The van der Waals surface area contributed by atoms with E-state index >= 15 is 0 Å². The predicted octanol–water partition coefficient (Wildman–Crippen LogP) is -0.177. The third-order valence-electron chi connectivity index (χ3n) is 2.27. The molecule has 0 radical (unpaired) electrons. The van der Waals surface area contributed by atoms with E-state index in [-0.39, 0.29) is 6.03 Å². The fourth-order valence-electron chi connectivity index (χ4n) is 1.51. The summed E-state index contributed by atoms with van der Waals surface area (Å²) in [5.74, 6) is 0.838. The summed E-state index contributed by atoms with van der Waals surface area (Å²) in [4.78, 5) is 17.1. The van der Waals surface area contributed by atoms with E-state index in [2.05, 4.69) is 15.4 Å². The van der Waals surface area contributed by atoms with E-state index in [4.69, 9.17) is 0 Å². The van der Waals surface area contributed by atoms with Crippen LogP contribution in [0.4, 0.5) is 4.79 Å². The molecule has 0 unspecified atom stereocenters. The Morgan fingerprint density at radius 2 is 2.50 bits per heavy atom. The molecule has 0 bridgehead atoms. The molecule has 1 aliphatic heterocycles. The number of carbonyl (C=O) groups is 1. The van der Waals surface area contributed by atoms with Crippen LogP contribution in [-0.2, 0) is 13.1 Å². The highest BCUT2D eigenvalue weighted by Gasteiger charge is 2.21. The first kappa shape index (κ1) is 8.98. The van der Waals surface area contributed by atoms with Crippen molar-refractivity contribution >= 4 is 6.03 Å². The van der Waals surface area contributed by atoms with E-state index in [1.165, 1.54) is 6.33 Å². The maximum atomic E-state index is 11.3. The monoisotopic (exact) mass is 195 g/mol. The van der Waals surface area contributed by atoms with Gasteiger partial charge in [-0.2, -0.15) is 5.10 Å². The van der Waals surface area contributed by atoms with Crippen LogP contribution in [-0.4, -0.2) is 38.8 Å². The van der Waals surface area contributed by atoms with Crippen molar-refractivity contribution < 1.29 is 4.79 Å². The highest BCUT2D eigenvalue weighted by molar-refractivity contribution is 5.76. The number of hydrogen-bond donors (Lipinski definition) is 1. The summed E-state index contributed by atoms with van der Waals surface area (Å²) in [6.45, 7) is 4.79. The van der Waals surface area contributed by atoms with Crippen LogP contribution in [0.15, 0.2) is 6.33 Å².